The summed E-state index contributed by atoms with van der Waals surface area (Å²) in [7, 11) is 0. The number of carbonyl (C=O) groups is 2. The second-order valence-corrected chi connectivity index (χ2v) is 6.81. The lowest BCUT2D eigenvalue weighted by molar-refractivity contribution is -0.117. The first kappa shape index (κ1) is 16.1. The van der Waals surface area contributed by atoms with Gasteiger partial charge in [0.25, 0.3) is 0 Å². The maximum absolute atomic E-state index is 12.4. The molecule has 2 aliphatic heterocycles. The number of piperidine rings is 1. The Balaban J connectivity index is 1.61. The molecule has 1 aromatic carbocycles. The summed E-state index contributed by atoms with van der Waals surface area (Å²) in [6.07, 6.45) is 3.62. The zero-order chi connectivity index (χ0) is 16.4. The highest BCUT2D eigenvalue weighted by molar-refractivity contribution is 6.30. The summed E-state index contributed by atoms with van der Waals surface area (Å²) in [6.45, 7) is 3.39. The molecule has 2 saturated heterocycles. The molecule has 0 saturated carbocycles. The third-order valence-electron chi connectivity index (χ3n) is 4.65. The van der Waals surface area contributed by atoms with Crippen LogP contribution >= 0.6 is 11.6 Å². The van der Waals surface area contributed by atoms with Gasteiger partial charge in [-0.2, -0.15) is 0 Å². The normalized spacial score (nSPS) is 24.9. The predicted octanol–water partition coefficient (Wildman–Crippen LogP) is 3.03. The summed E-state index contributed by atoms with van der Waals surface area (Å²) < 4.78 is 0. The van der Waals surface area contributed by atoms with Crippen LogP contribution in [0.2, 0.25) is 5.02 Å². The number of likely N-dealkylation sites (tertiary alicyclic amines) is 1. The van der Waals surface area contributed by atoms with Gasteiger partial charge in [0.15, 0.2) is 0 Å². The van der Waals surface area contributed by atoms with E-state index in [-0.39, 0.29) is 24.0 Å². The number of nitrogens with zero attached hydrogens (tertiary/aromatic N) is 2. The highest BCUT2D eigenvalue weighted by Crippen LogP contribution is 2.24. The lowest BCUT2D eigenvalue weighted by Crippen LogP contribution is -2.50. The van der Waals surface area contributed by atoms with Crippen molar-refractivity contribution in [3.8, 4) is 0 Å². The van der Waals surface area contributed by atoms with Crippen LogP contribution in [0.1, 0.15) is 32.6 Å². The van der Waals surface area contributed by atoms with E-state index >= 15 is 0 Å². The van der Waals surface area contributed by atoms with E-state index in [1.54, 1.807) is 17.0 Å². The van der Waals surface area contributed by atoms with Crippen LogP contribution in [-0.4, -0.2) is 42.0 Å². The van der Waals surface area contributed by atoms with Crippen molar-refractivity contribution >= 4 is 29.2 Å². The van der Waals surface area contributed by atoms with Gasteiger partial charge >= 0.3 is 6.03 Å². The van der Waals surface area contributed by atoms with Gasteiger partial charge in [-0.3, -0.25) is 4.79 Å². The van der Waals surface area contributed by atoms with Crippen LogP contribution in [0.5, 0.6) is 0 Å². The fourth-order valence-corrected chi connectivity index (χ4v) is 3.46. The molecule has 0 spiro atoms. The van der Waals surface area contributed by atoms with Gasteiger partial charge in [0.1, 0.15) is 0 Å². The number of urea groups is 1. The number of carbonyl (C=O) groups excluding carboxylic acids is 2. The van der Waals surface area contributed by atoms with Gasteiger partial charge in [-0.15, -0.1) is 0 Å². The van der Waals surface area contributed by atoms with E-state index in [0.29, 0.717) is 18.0 Å². The van der Waals surface area contributed by atoms with E-state index in [9.17, 15) is 9.59 Å². The standard InChI is InChI=1S/C17H22ClN3O2/c1-12-4-2-3-9-20(12)17(23)19-14-10-16(22)21(11-14)15-7-5-13(18)6-8-15/h5-8,12,14H,2-4,9-11H2,1H3,(H,19,23). The SMILES string of the molecule is CC1CCCCN1C(=O)NC1CC(=O)N(c2ccc(Cl)cc2)C1. The Bertz CT molecular complexity index is 590. The van der Waals surface area contributed by atoms with Crippen LogP contribution in [0, 0.1) is 0 Å². The lowest BCUT2D eigenvalue weighted by Gasteiger charge is -2.34. The Morgan fingerprint density at radius 1 is 1.26 bits per heavy atom. The number of hydrogen-bond acceptors (Lipinski definition) is 2. The fourth-order valence-electron chi connectivity index (χ4n) is 3.33. The number of hydrogen-bond donors (Lipinski definition) is 1. The molecular formula is C17H22ClN3O2. The molecule has 2 atom stereocenters. The van der Waals surface area contributed by atoms with E-state index in [1.165, 1.54) is 6.42 Å². The predicted molar refractivity (Wildman–Crippen MR) is 90.8 cm³/mol. The number of benzene rings is 1. The monoisotopic (exact) mass is 335 g/mol. The molecule has 2 unspecified atom stereocenters. The van der Waals surface area contributed by atoms with Crippen molar-refractivity contribution < 1.29 is 9.59 Å². The highest BCUT2D eigenvalue weighted by atomic mass is 35.5. The molecule has 0 bridgehead atoms. The second-order valence-electron chi connectivity index (χ2n) is 6.37. The number of nitrogens with one attached hydrogen (secondary N) is 1. The molecule has 2 heterocycles. The molecule has 124 valence electrons. The van der Waals surface area contributed by atoms with Crippen LogP contribution in [-0.2, 0) is 4.79 Å². The average Bonchev–Trinajstić information content (AvgIpc) is 2.89. The fraction of sp³-hybridized carbons (Fsp3) is 0.529. The van der Waals surface area contributed by atoms with Gasteiger partial charge < -0.3 is 15.1 Å². The number of anilines is 1. The summed E-state index contributed by atoms with van der Waals surface area (Å²) in [6, 6.07) is 7.28. The third-order valence-corrected chi connectivity index (χ3v) is 4.91. The van der Waals surface area contributed by atoms with Crippen LogP contribution in [0.15, 0.2) is 24.3 Å². The van der Waals surface area contributed by atoms with E-state index < -0.39 is 0 Å². The summed E-state index contributed by atoms with van der Waals surface area (Å²) in [5.41, 5.74) is 0.822. The zero-order valence-electron chi connectivity index (χ0n) is 13.3. The first-order valence-corrected chi connectivity index (χ1v) is 8.55. The van der Waals surface area contributed by atoms with Crippen molar-refractivity contribution in [3.63, 3.8) is 0 Å². The van der Waals surface area contributed by atoms with Gasteiger partial charge in [0, 0.05) is 36.3 Å². The van der Waals surface area contributed by atoms with E-state index in [0.717, 1.165) is 25.1 Å². The smallest absolute Gasteiger partial charge is 0.317 e. The van der Waals surface area contributed by atoms with Gasteiger partial charge in [0.05, 0.1) is 6.04 Å². The second kappa shape index (κ2) is 6.79. The summed E-state index contributed by atoms with van der Waals surface area (Å²) in [5, 5.41) is 3.66. The molecule has 5 nitrogen and oxygen atoms in total. The minimum absolute atomic E-state index is 0.0318. The van der Waals surface area contributed by atoms with Gasteiger partial charge in [0.2, 0.25) is 5.91 Å². The zero-order valence-corrected chi connectivity index (χ0v) is 14.1. The molecule has 0 aromatic heterocycles. The molecule has 0 aliphatic carbocycles. The highest BCUT2D eigenvalue weighted by Gasteiger charge is 2.33. The minimum atomic E-state index is -0.139. The van der Waals surface area contributed by atoms with Crippen molar-refractivity contribution in [1.82, 2.24) is 10.2 Å². The third kappa shape index (κ3) is 3.61. The Morgan fingerprint density at radius 2 is 2.00 bits per heavy atom. The van der Waals surface area contributed by atoms with Gasteiger partial charge in [-0.25, -0.2) is 4.79 Å². The van der Waals surface area contributed by atoms with Gasteiger partial charge in [-0.1, -0.05) is 11.6 Å². The Morgan fingerprint density at radius 3 is 2.70 bits per heavy atom. The molecule has 1 aromatic rings. The average molecular weight is 336 g/mol. The summed E-state index contributed by atoms with van der Waals surface area (Å²) in [5.74, 6) is 0.0318. The first-order valence-electron chi connectivity index (χ1n) is 8.17. The number of halogens is 1. The molecule has 3 rings (SSSR count). The van der Waals surface area contributed by atoms with Crippen molar-refractivity contribution in [3.05, 3.63) is 29.3 Å². The Hall–Kier alpha value is -1.75. The number of rotatable bonds is 2. The van der Waals surface area contributed by atoms with Crippen molar-refractivity contribution in [2.75, 3.05) is 18.0 Å². The molecule has 2 aliphatic rings. The molecule has 0 radical (unpaired) electrons. The topological polar surface area (TPSA) is 52.7 Å². The van der Waals surface area contributed by atoms with Crippen molar-refractivity contribution in [2.45, 2.75) is 44.7 Å². The summed E-state index contributed by atoms with van der Waals surface area (Å²) in [4.78, 5) is 28.2. The van der Waals surface area contributed by atoms with Crippen LogP contribution < -0.4 is 10.2 Å². The van der Waals surface area contributed by atoms with Gasteiger partial charge in [-0.05, 0) is 50.5 Å². The van der Waals surface area contributed by atoms with Crippen molar-refractivity contribution in [2.24, 2.45) is 0 Å². The largest absolute Gasteiger partial charge is 0.333 e. The Kier molecular flexibility index (Phi) is 4.76. The van der Waals surface area contributed by atoms with E-state index in [1.807, 2.05) is 17.0 Å². The lowest BCUT2D eigenvalue weighted by atomic mass is 10.0. The minimum Gasteiger partial charge on any atom is -0.333 e. The first-order chi connectivity index (χ1) is 11.0. The quantitative estimate of drug-likeness (QED) is 0.903. The van der Waals surface area contributed by atoms with Crippen LogP contribution in [0.3, 0.4) is 0 Å². The van der Waals surface area contributed by atoms with Crippen LogP contribution in [0.25, 0.3) is 0 Å². The summed E-state index contributed by atoms with van der Waals surface area (Å²) >= 11 is 5.89. The number of amides is 3. The molecular weight excluding hydrogens is 314 g/mol. The maximum Gasteiger partial charge on any atom is 0.317 e. The van der Waals surface area contributed by atoms with Crippen molar-refractivity contribution in [1.29, 1.82) is 0 Å². The van der Waals surface area contributed by atoms with Crippen LogP contribution in [0.4, 0.5) is 10.5 Å². The maximum atomic E-state index is 12.4. The molecule has 3 amide bonds. The Labute approximate surface area is 141 Å². The molecule has 23 heavy (non-hydrogen) atoms. The molecule has 1 N–H and O–H groups in total. The molecule has 6 heteroatoms. The molecule has 2 fully saturated rings. The van der Waals surface area contributed by atoms with E-state index in [2.05, 4.69) is 12.2 Å². The van der Waals surface area contributed by atoms with E-state index in [4.69, 9.17) is 11.6 Å².